The number of hydrogen-bond acceptors (Lipinski definition) is 4. The number of methoxy groups -OCH3 is 1. The molecule has 152 valence electrons. The summed E-state index contributed by atoms with van der Waals surface area (Å²) in [6, 6.07) is 13.7. The highest BCUT2D eigenvalue weighted by atomic mass is 32.2. The highest BCUT2D eigenvalue weighted by molar-refractivity contribution is 7.89. The summed E-state index contributed by atoms with van der Waals surface area (Å²) >= 11 is 0. The van der Waals surface area contributed by atoms with Crippen LogP contribution in [0.2, 0.25) is 0 Å². The standard InChI is InChI=1S/C21H28N2O4S/c1-21(2,3)18-9-11-19(12-10-18)28(25,26)23-15-16-5-7-17(8-6-16)20(24)22-13-14-27-4/h5-12,23H,13-15H2,1-4H3,(H,22,24). The molecule has 0 unspecified atom stereocenters. The molecule has 0 aliphatic heterocycles. The predicted molar refractivity (Wildman–Crippen MR) is 110 cm³/mol. The second kappa shape index (κ2) is 9.32. The van der Waals surface area contributed by atoms with Gasteiger partial charge < -0.3 is 10.1 Å². The van der Waals surface area contributed by atoms with Crippen LogP contribution in [-0.2, 0) is 26.7 Å². The van der Waals surface area contributed by atoms with Crippen molar-refractivity contribution in [2.24, 2.45) is 0 Å². The van der Waals surface area contributed by atoms with Crippen LogP contribution >= 0.6 is 0 Å². The van der Waals surface area contributed by atoms with Crippen molar-refractivity contribution in [3.05, 3.63) is 65.2 Å². The number of benzene rings is 2. The smallest absolute Gasteiger partial charge is 0.251 e. The molecule has 0 aliphatic rings. The largest absolute Gasteiger partial charge is 0.383 e. The van der Waals surface area contributed by atoms with Crippen molar-refractivity contribution in [2.45, 2.75) is 37.6 Å². The summed E-state index contributed by atoms with van der Waals surface area (Å²) in [4.78, 5) is 12.2. The van der Waals surface area contributed by atoms with E-state index in [2.05, 4.69) is 30.8 Å². The van der Waals surface area contributed by atoms with Crippen molar-refractivity contribution < 1.29 is 17.9 Å². The molecule has 2 rings (SSSR count). The lowest BCUT2D eigenvalue weighted by molar-refractivity contribution is 0.0937. The molecular weight excluding hydrogens is 376 g/mol. The summed E-state index contributed by atoms with van der Waals surface area (Å²) in [5.41, 5.74) is 2.32. The molecule has 0 aliphatic carbocycles. The lowest BCUT2D eigenvalue weighted by atomic mass is 9.87. The Balaban J connectivity index is 1.98. The number of rotatable bonds is 8. The van der Waals surface area contributed by atoms with Gasteiger partial charge in [0.05, 0.1) is 11.5 Å². The fraction of sp³-hybridized carbons (Fsp3) is 0.381. The van der Waals surface area contributed by atoms with E-state index < -0.39 is 10.0 Å². The van der Waals surface area contributed by atoms with E-state index in [0.29, 0.717) is 18.7 Å². The topological polar surface area (TPSA) is 84.5 Å². The van der Waals surface area contributed by atoms with Gasteiger partial charge in [0.15, 0.2) is 0 Å². The summed E-state index contributed by atoms with van der Waals surface area (Å²) in [6.45, 7) is 7.27. The van der Waals surface area contributed by atoms with E-state index in [1.165, 1.54) is 0 Å². The second-order valence-electron chi connectivity index (χ2n) is 7.54. The molecule has 28 heavy (non-hydrogen) atoms. The number of ether oxygens (including phenoxy) is 1. The molecule has 2 aromatic rings. The van der Waals surface area contributed by atoms with Crippen LogP contribution in [0.1, 0.15) is 42.3 Å². The van der Waals surface area contributed by atoms with Crippen LogP contribution in [-0.4, -0.2) is 34.6 Å². The maximum Gasteiger partial charge on any atom is 0.251 e. The number of hydrogen-bond donors (Lipinski definition) is 2. The average molecular weight is 405 g/mol. The SMILES string of the molecule is COCCNC(=O)c1ccc(CNS(=O)(=O)c2ccc(C(C)(C)C)cc2)cc1. The Morgan fingerprint density at radius 3 is 2.14 bits per heavy atom. The molecule has 6 nitrogen and oxygen atoms in total. The van der Waals surface area contributed by atoms with Gasteiger partial charge >= 0.3 is 0 Å². The van der Waals surface area contributed by atoms with E-state index in [9.17, 15) is 13.2 Å². The fourth-order valence-electron chi connectivity index (χ4n) is 2.54. The van der Waals surface area contributed by atoms with Crippen LogP contribution in [0.4, 0.5) is 0 Å². The van der Waals surface area contributed by atoms with Gasteiger partial charge in [-0.2, -0.15) is 0 Å². The van der Waals surface area contributed by atoms with Crippen LogP contribution in [0, 0.1) is 0 Å². The Bertz CT molecular complexity index is 883. The van der Waals surface area contributed by atoms with E-state index in [-0.39, 0.29) is 22.8 Å². The van der Waals surface area contributed by atoms with Crippen molar-refractivity contribution in [1.29, 1.82) is 0 Å². The van der Waals surface area contributed by atoms with Gasteiger partial charge in [0, 0.05) is 25.8 Å². The van der Waals surface area contributed by atoms with Gasteiger partial charge in [0.1, 0.15) is 0 Å². The molecular formula is C21H28N2O4S. The molecule has 0 aromatic heterocycles. The van der Waals surface area contributed by atoms with Gasteiger partial charge in [-0.3, -0.25) is 4.79 Å². The lowest BCUT2D eigenvalue weighted by Gasteiger charge is -2.19. The Morgan fingerprint density at radius 1 is 1.00 bits per heavy atom. The van der Waals surface area contributed by atoms with Gasteiger partial charge in [-0.1, -0.05) is 45.0 Å². The predicted octanol–water partition coefficient (Wildman–Crippen LogP) is 2.84. The molecule has 2 N–H and O–H groups in total. The average Bonchev–Trinajstić information content (AvgIpc) is 2.66. The van der Waals surface area contributed by atoms with Crippen LogP contribution in [0.25, 0.3) is 0 Å². The Labute approximate surface area is 167 Å². The van der Waals surface area contributed by atoms with Crippen molar-refractivity contribution in [3.8, 4) is 0 Å². The Kier molecular flexibility index (Phi) is 7.35. The Hall–Kier alpha value is -2.22. The first-order chi connectivity index (χ1) is 13.1. The minimum absolute atomic E-state index is 0.0344. The number of sulfonamides is 1. The van der Waals surface area contributed by atoms with Crippen molar-refractivity contribution in [3.63, 3.8) is 0 Å². The van der Waals surface area contributed by atoms with Crippen LogP contribution in [0.5, 0.6) is 0 Å². The summed E-state index contributed by atoms with van der Waals surface area (Å²) in [5.74, 6) is -0.192. The van der Waals surface area contributed by atoms with Crippen molar-refractivity contribution >= 4 is 15.9 Å². The zero-order valence-electron chi connectivity index (χ0n) is 16.8. The van der Waals surface area contributed by atoms with Gasteiger partial charge in [0.2, 0.25) is 10.0 Å². The lowest BCUT2D eigenvalue weighted by Crippen LogP contribution is -2.27. The zero-order valence-corrected chi connectivity index (χ0v) is 17.6. The van der Waals surface area contributed by atoms with Gasteiger partial charge in [-0.15, -0.1) is 0 Å². The molecule has 0 saturated carbocycles. The maximum absolute atomic E-state index is 12.5. The Morgan fingerprint density at radius 2 is 1.61 bits per heavy atom. The first-order valence-electron chi connectivity index (χ1n) is 9.10. The molecule has 7 heteroatoms. The molecule has 0 heterocycles. The van der Waals surface area contributed by atoms with Crippen molar-refractivity contribution in [2.75, 3.05) is 20.3 Å². The molecule has 0 spiro atoms. The third kappa shape index (κ3) is 6.15. The number of carbonyl (C=O) groups is 1. The quantitative estimate of drug-likeness (QED) is 0.663. The molecule has 0 bridgehead atoms. The first-order valence-corrected chi connectivity index (χ1v) is 10.6. The van der Waals surface area contributed by atoms with Gasteiger partial charge in [0.25, 0.3) is 5.91 Å². The normalized spacial score (nSPS) is 12.0. The highest BCUT2D eigenvalue weighted by Gasteiger charge is 2.17. The monoisotopic (exact) mass is 404 g/mol. The maximum atomic E-state index is 12.5. The van der Waals surface area contributed by atoms with E-state index in [0.717, 1.165) is 11.1 Å². The van der Waals surface area contributed by atoms with E-state index in [1.54, 1.807) is 43.5 Å². The summed E-state index contributed by atoms with van der Waals surface area (Å²) < 4.78 is 32.5. The van der Waals surface area contributed by atoms with Crippen LogP contribution < -0.4 is 10.0 Å². The van der Waals surface area contributed by atoms with Crippen LogP contribution in [0.15, 0.2) is 53.4 Å². The highest BCUT2D eigenvalue weighted by Crippen LogP contribution is 2.23. The summed E-state index contributed by atoms with van der Waals surface area (Å²) in [5, 5.41) is 2.74. The fourth-order valence-corrected chi connectivity index (χ4v) is 3.56. The zero-order chi connectivity index (χ0) is 20.8. The minimum atomic E-state index is -3.61. The minimum Gasteiger partial charge on any atom is -0.383 e. The molecule has 0 saturated heterocycles. The van der Waals surface area contributed by atoms with Crippen LogP contribution in [0.3, 0.4) is 0 Å². The number of nitrogens with one attached hydrogen (secondary N) is 2. The summed E-state index contributed by atoms with van der Waals surface area (Å²) in [6.07, 6.45) is 0. The number of amides is 1. The van der Waals surface area contributed by atoms with E-state index >= 15 is 0 Å². The number of carbonyl (C=O) groups excluding carboxylic acids is 1. The molecule has 0 radical (unpaired) electrons. The molecule has 1 amide bonds. The first kappa shape index (κ1) is 22.1. The second-order valence-corrected chi connectivity index (χ2v) is 9.31. The third-order valence-corrected chi connectivity index (χ3v) is 5.72. The van der Waals surface area contributed by atoms with E-state index in [4.69, 9.17) is 4.74 Å². The van der Waals surface area contributed by atoms with Crippen molar-refractivity contribution in [1.82, 2.24) is 10.0 Å². The molecule has 0 fully saturated rings. The van der Waals surface area contributed by atoms with E-state index in [1.807, 2.05) is 12.1 Å². The molecule has 2 aromatic carbocycles. The third-order valence-electron chi connectivity index (χ3n) is 4.30. The van der Waals surface area contributed by atoms with Gasteiger partial charge in [-0.05, 0) is 40.8 Å². The summed E-state index contributed by atoms with van der Waals surface area (Å²) in [7, 11) is -2.03. The van der Waals surface area contributed by atoms with Gasteiger partial charge in [-0.25, -0.2) is 13.1 Å². The molecule has 0 atom stereocenters.